The monoisotopic (exact) mass is 237 g/mol. The van der Waals surface area contributed by atoms with E-state index in [1.54, 1.807) is 0 Å². The predicted molar refractivity (Wildman–Crippen MR) is 67.4 cm³/mol. The molecule has 5 nitrogen and oxygen atoms in total. The van der Waals surface area contributed by atoms with Crippen LogP contribution in [0, 0.1) is 5.92 Å². The van der Waals surface area contributed by atoms with E-state index in [0.717, 1.165) is 31.2 Å². The molecule has 0 bridgehead atoms. The van der Waals surface area contributed by atoms with Crippen molar-refractivity contribution in [2.45, 2.75) is 39.3 Å². The third kappa shape index (κ3) is 4.09. The maximum absolute atomic E-state index is 5.49. The van der Waals surface area contributed by atoms with Gasteiger partial charge in [-0.3, -0.25) is 9.58 Å². The molecule has 1 fully saturated rings. The first-order valence-corrected chi connectivity index (χ1v) is 6.63. The predicted octanol–water partition coefficient (Wildman–Crippen LogP) is 0.859. The second-order valence-corrected chi connectivity index (χ2v) is 4.94. The van der Waals surface area contributed by atoms with Crippen LogP contribution in [-0.4, -0.2) is 39.5 Å². The van der Waals surface area contributed by atoms with Gasteiger partial charge in [-0.25, -0.2) is 0 Å². The summed E-state index contributed by atoms with van der Waals surface area (Å²) in [5.74, 6) is 0.931. The zero-order chi connectivity index (χ0) is 12.1. The van der Waals surface area contributed by atoms with Crippen molar-refractivity contribution in [2.24, 2.45) is 11.7 Å². The molecule has 1 aliphatic rings. The Labute approximate surface area is 103 Å². The number of nitrogens with two attached hydrogens (primary N) is 1. The Morgan fingerprint density at radius 3 is 3.00 bits per heavy atom. The SMILES string of the molecule is CCCN(Cc1cn(CCN)nn1)CC1CC1. The number of hydrogen-bond donors (Lipinski definition) is 1. The van der Waals surface area contributed by atoms with Gasteiger partial charge in [-0.05, 0) is 31.7 Å². The molecule has 17 heavy (non-hydrogen) atoms. The van der Waals surface area contributed by atoms with Crippen molar-refractivity contribution in [1.82, 2.24) is 19.9 Å². The van der Waals surface area contributed by atoms with Crippen molar-refractivity contribution in [2.75, 3.05) is 19.6 Å². The van der Waals surface area contributed by atoms with Gasteiger partial charge in [0.1, 0.15) is 0 Å². The summed E-state index contributed by atoms with van der Waals surface area (Å²) in [7, 11) is 0. The zero-order valence-corrected chi connectivity index (χ0v) is 10.7. The van der Waals surface area contributed by atoms with E-state index in [-0.39, 0.29) is 0 Å². The Morgan fingerprint density at radius 2 is 2.35 bits per heavy atom. The van der Waals surface area contributed by atoms with Gasteiger partial charge in [0, 0.05) is 25.8 Å². The van der Waals surface area contributed by atoms with Crippen molar-refractivity contribution in [3.8, 4) is 0 Å². The van der Waals surface area contributed by atoms with Gasteiger partial charge in [0.2, 0.25) is 0 Å². The summed E-state index contributed by atoms with van der Waals surface area (Å²) < 4.78 is 1.83. The second kappa shape index (κ2) is 6.12. The molecule has 1 aliphatic carbocycles. The van der Waals surface area contributed by atoms with E-state index < -0.39 is 0 Å². The highest BCUT2D eigenvalue weighted by molar-refractivity contribution is 4.93. The molecule has 2 rings (SSSR count). The van der Waals surface area contributed by atoms with Crippen molar-refractivity contribution in [1.29, 1.82) is 0 Å². The van der Waals surface area contributed by atoms with Crippen LogP contribution in [0.4, 0.5) is 0 Å². The van der Waals surface area contributed by atoms with Crippen LogP contribution in [0.3, 0.4) is 0 Å². The highest BCUT2D eigenvalue weighted by atomic mass is 15.4. The Hall–Kier alpha value is -0.940. The van der Waals surface area contributed by atoms with Gasteiger partial charge in [0.05, 0.1) is 12.2 Å². The average molecular weight is 237 g/mol. The quantitative estimate of drug-likeness (QED) is 0.728. The molecule has 96 valence electrons. The van der Waals surface area contributed by atoms with Gasteiger partial charge < -0.3 is 5.73 Å². The molecular weight excluding hydrogens is 214 g/mol. The van der Waals surface area contributed by atoms with Crippen LogP contribution < -0.4 is 5.73 Å². The Balaban J connectivity index is 1.85. The largest absolute Gasteiger partial charge is 0.329 e. The van der Waals surface area contributed by atoms with Crippen molar-refractivity contribution >= 4 is 0 Å². The van der Waals surface area contributed by atoms with Gasteiger partial charge in [0.25, 0.3) is 0 Å². The molecule has 1 saturated carbocycles. The first kappa shape index (κ1) is 12.5. The minimum atomic E-state index is 0.615. The van der Waals surface area contributed by atoms with E-state index in [1.807, 2.05) is 10.9 Å². The summed E-state index contributed by atoms with van der Waals surface area (Å²) in [5, 5.41) is 8.27. The van der Waals surface area contributed by atoms with E-state index in [4.69, 9.17) is 5.73 Å². The van der Waals surface area contributed by atoms with Gasteiger partial charge in [-0.2, -0.15) is 0 Å². The van der Waals surface area contributed by atoms with Crippen LogP contribution in [-0.2, 0) is 13.1 Å². The number of aromatic nitrogens is 3. The highest BCUT2D eigenvalue weighted by Crippen LogP contribution is 2.30. The molecule has 0 unspecified atom stereocenters. The number of hydrogen-bond acceptors (Lipinski definition) is 4. The van der Waals surface area contributed by atoms with Gasteiger partial charge >= 0.3 is 0 Å². The minimum absolute atomic E-state index is 0.615. The molecule has 0 spiro atoms. The normalized spacial score (nSPS) is 15.7. The van der Waals surface area contributed by atoms with Gasteiger partial charge in [-0.15, -0.1) is 5.10 Å². The molecule has 0 saturated heterocycles. The van der Waals surface area contributed by atoms with Gasteiger partial charge in [-0.1, -0.05) is 12.1 Å². The molecule has 0 aromatic carbocycles. The molecule has 0 atom stereocenters. The summed E-state index contributed by atoms with van der Waals surface area (Å²) in [6, 6.07) is 0. The first-order valence-electron chi connectivity index (χ1n) is 6.63. The van der Waals surface area contributed by atoms with Crippen LogP contribution in [0.5, 0.6) is 0 Å². The highest BCUT2D eigenvalue weighted by Gasteiger charge is 2.24. The minimum Gasteiger partial charge on any atom is -0.329 e. The Morgan fingerprint density at radius 1 is 1.53 bits per heavy atom. The molecule has 1 heterocycles. The molecular formula is C12H23N5. The van der Waals surface area contributed by atoms with E-state index in [2.05, 4.69) is 22.1 Å². The molecule has 5 heteroatoms. The van der Waals surface area contributed by atoms with Gasteiger partial charge in [0.15, 0.2) is 0 Å². The van der Waals surface area contributed by atoms with Crippen molar-refractivity contribution in [3.63, 3.8) is 0 Å². The molecule has 2 N–H and O–H groups in total. The van der Waals surface area contributed by atoms with E-state index in [9.17, 15) is 0 Å². The first-order chi connectivity index (χ1) is 8.31. The fourth-order valence-electron chi connectivity index (χ4n) is 2.10. The molecule has 0 aliphatic heterocycles. The van der Waals surface area contributed by atoms with E-state index in [1.165, 1.54) is 25.8 Å². The third-order valence-corrected chi connectivity index (χ3v) is 3.08. The third-order valence-electron chi connectivity index (χ3n) is 3.08. The fraction of sp³-hybridized carbons (Fsp3) is 0.833. The molecule has 0 amide bonds. The molecule has 0 radical (unpaired) electrons. The summed E-state index contributed by atoms with van der Waals surface area (Å²) >= 11 is 0. The number of nitrogens with zero attached hydrogens (tertiary/aromatic N) is 4. The lowest BCUT2D eigenvalue weighted by atomic mass is 10.3. The summed E-state index contributed by atoms with van der Waals surface area (Å²) in [6.45, 7) is 6.89. The standard InChI is InChI=1S/C12H23N5/c1-2-6-16(8-11-3-4-11)9-12-10-17(7-5-13)15-14-12/h10-11H,2-9,13H2,1H3. The van der Waals surface area contributed by atoms with Crippen LogP contribution in [0.25, 0.3) is 0 Å². The second-order valence-electron chi connectivity index (χ2n) is 4.94. The summed E-state index contributed by atoms with van der Waals surface area (Å²) in [4.78, 5) is 2.49. The summed E-state index contributed by atoms with van der Waals surface area (Å²) in [5.41, 5.74) is 6.56. The lowest BCUT2D eigenvalue weighted by molar-refractivity contribution is 0.252. The lowest BCUT2D eigenvalue weighted by Gasteiger charge is -2.19. The van der Waals surface area contributed by atoms with Crippen LogP contribution in [0.1, 0.15) is 31.9 Å². The van der Waals surface area contributed by atoms with Crippen molar-refractivity contribution < 1.29 is 0 Å². The lowest BCUT2D eigenvalue weighted by Crippen LogP contribution is -2.26. The van der Waals surface area contributed by atoms with Crippen LogP contribution in [0.15, 0.2) is 6.20 Å². The Bertz CT molecular complexity index is 331. The maximum Gasteiger partial charge on any atom is 0.0967 e. The fourth-order valence-corrected chi connectivity index (χ4v) is 2.10. The smallest absolute Gasteiger partial charge is 0.0967 e. The zero-order valence-electron chi connectivity index (χ0n) is 10.7. The van der Waals surface area contributed by atoms with Crippen molar-refractivity contribution in [3.05, 3.63) is 11.9 Å². The van der Waals surface area contributed by atoms with E-state index in [0.29, 0.717) is 6.54 Å². The topological polar surface area (TPSA) is 60.0 Å². The van der Waals surface area contributed by atoms with E-state index >= 15 is 0 Å². The van der Waals surface area contributed by atoms with Crippen LogP contribution in [0.2, 0.25) is 0 Å². The summed E-state index contributed by atoms with van der Waals surface area (Å²) in [6.07, 6.45) is 6.02. The van der Waals surface area contributed by atoms with Crippen LogP contribution >= 0.6 is 0 Å². The number of rotatable bonds is 8. The molecule has 1 aromatic heterocycles. The molecule has 1 aromatic rings. The maximum atomic E-state index is 5.49. The average Bonchev–Trinajstić information content (AvgIpc) is 3.00. The Kier molecular flexibility index (Phi) is 4.50.